The van der Waals surface area contributed by atoms with Crippen molar-refractivity contribution in [3.63, 3.8) is 0 Å². The SMILES string of the molecule is CC1(C(NN)c2cccc3ncccc23)CCCCO1. The van der Waals surface area contributed by atoms with Gasteiger partial charge in [0.1, 0.15) is 0 Å². The van der Waals surface area contributed by atoms with Gasteiger partial charge in [-0.3, -0.25) is 16.3 Å². The van der Waals surface area contributed by atoms with E-state index in [9.17, 15) is 0 Å². The number of rotatable bonds is 3. The molecule has 4 nitrogen and oxygen atoms in total. The van der Waals surface area contributed by atoms with Gasteiger partial charge in [-0.05, 0) is 43.9 Å². The van der Waals surface area contributed by atoms with Gasteiger partial charge in [0.2, 0.25) is 0 Å². The lowest BCUT2D eigenvalue weighted by atomic mass is 9.83. The summed E-state index contributed by atoms with van der Waals surface area (Å²) in [6, 6.07) is 10.2. The fourth-order valence-electron chi connectivity index (χ4n) is 3.16. The van der Waals surface area contributed by atoms with Crippen LogP contribution in [0.1, 0.15) is 37.8 Å². The molecule has 1 aliphatic heterocycles. The third-order valence-corrected chi connectivity index (χ3v) is 4.27. The van der Waals surface area contributed by atoms with Crippen molar-refractivity contribution in [2.24, 2.45) is 5.84 Å². The van der Waals surface area contributed by atoms with Gasteiger partial charge in [0.25, 0.3) is 0 Å². The van der Waals surface area contributed by atoms with Crippen molar-refractivity contribution in [2.45, 2.75) is 37.8 Å². The molecule has 20 heavy (non-hydrogen) atoms. The summed E-state index contributed by atoms with van der Waals surface area (Å²) in [5.41, 5.74) is 4.85. The first-order valence-corrected chi connectivity index (χ1v) is 7.18. The van der Waals surface area contributed by atoms with Gasteiger partial charge in [0, 0.05) is 18.2 Å². The van der Waals surface area contributed by atoms with Crippen molar-refractivity contribution in [1.29, 1.82) is 0 Å². The second-order valence-electron chi connectivity index (χ2n) is 5.64. The first-order valence-electron chi connectivity index (χ1n) is 7.18. The quantitative estimate of drug-likeness (QED) is 0.665. The normalized spacial score (nSPS) is 24.7. The second-order valence-corrected chi connectivity index (χ2v) is 5.64. The van der Waals surface area contributed by atoms with Gasteiger partial charge in [0.05, 0.1) is 17.2 Å². The van der Waals surface area contributed by atoms with Crippen molar-refractivity contribution in [3.8, 4) is 0 Å². The molecule has 1 aromatic heterocycles. The molecular formula is C16H21N3O. The molecule has 1 fully saturated rings. The summed E-state index contributed by atoms with van der Waals surface area (Å²) in [4.78, 5) is 4.42. The van der Waals surface area contributed by atoms with Crippen LogP contribution in [0.4, 0.5) is 0 Å². The van der Waals surface area contributed by atoms with E-state index in [1.165, 1.54) is 6.42 Å². The predicted octanol–water partition coefficient (Wildman–Crippen LogP) is 2.70. The van der Waals surface area contributed by atoms with E-state index < -0.39 is 0 Å². The van der Waals surface area contributed by atoms with Crippen LogP contribution < -0.4 is 11.3 Å². The van der Waals surface area contributed by atoms with E-state index >= 15 is 0 Å². The van der Waals surface area contributed by atoms with E-state index in [2.05, 4.69) is 29.5 Å². The number of pyridine rings is 1. The van der Waals surface area contributed by atoms with Gasteiger partial charge < -0.3 is 4.74 Å². The Morgan fingerprint density at radius 2 is 2.20 bits per heavy atom. The Bertz CT molecular complexity index is 588. The second kappa shape index (κ2) is 5.48. The zero-order chi connectivity index (χ0) is 14.0. The minimum absolute atomic E-state index is 0.0318. The van der Waals surface area contributed by atoms with Crippen molar-refractivity contribution < 1.29 is 4.74 Å². The average molecular weight is 271 g/mol. The molecule has 1 aliphatic rings. The summed E-state index contributed by atoms with van der Waals surface area (Å²) in [6.45, 7) is 2.95. The number of ether oxygens (including phenoxy) is 1. The highest BCUT2D eigenvalue weighted by Crippen LogP contribution is 2.38. The number of nitrogens with two attached hydrogens (primary N) is 1. The Morgan fingerprint density at radius 3 is 2.95 bits per heavy atom. The van der Waals surface area contributed by atoms with Crippen molar-refractivity contribution >= 4 is 10.9 Å². The number of aromatic nitrogens is 1. The van der Waals surface area contributed by atoms with Crippen LogP contribution in [0.25, 0.3) is 10.9 Å². The van der Waals surface area contributed by atoms with Crippen LogP contribution in [0.5, 0.6) is 0 Å². The summed E-state index contributed by atoms with van der Waals surface area (Å²) in [5.74, 6) is 5.86. The van der Waals surface area contributed by atoms with Crippen LogP contribution in [0.3, 0.4) is 0 Å². The molecule has 1 saturated heterocycles. The molecule has 0 spiro atoms. The molecule has 0 saturated carbocycles. The van der Waals surface area contributed by atoms with E-state index in [4.69, 9.17) is 10.6 Å². The molecule has 3 N–H and O–H groups in total. The Balaban J connectivity index is 2.07. The van der Waals surface area contributed by atoms with Crippen LogP contribution in [0, 0.1) is 0 Å². The smallest absolute Gasteiger partial charge is 0.0861 e. The number of hydrogen-bond acceptors (Lipinski definition) is 4. The first kappa shape index (κ1) is 13.5. The minimum atomic E-state index is -0.267. The average Bonchev–Trinajstić information content (AvgIpc) is 2.49. The lowest BCUT2D eigenvalue weighted by Crippen LogP contribution is -2.48. The van der Waals surface area contributed by atoms with Gasteiger partial charge in [-0.2, -0.15) is 0 Å². The van der Waals surface area contributed by atoms with Crippen LogP contribution in [0.15, 0.2) is 36.5 Å². The number of benzene rings is 1. The lowest BCUT2D eigenvalue weighted by molar-refractivity contribution is -0.0896. The Hall–Kier alpha value is -1.49. The number of hydrogen-bond donors (Lipinski definition) is 2. The molecule has 0 amide bonds. The third-order valence-electron chi connectivity index (χ3n) is 4.27. The molecule has 0 aliphatic carbocycles. The van der Waals surface area contributed by atoms with Crippen LogP contribution in [0.2, 0.25) is 0 Å². The Kier molecular flexibility index (Phi) is 3.70. The van der Waals surface area contributed by atoms with Crippen molar-refractivity contribution in [1.82, 2.24) is 10.4 Å². The molecule has 3 rings (SSSR count). The standard InChI is InChI=1S/C16H21N3O/c1-16(9-2-3-11-20-16)15(19-17)13-6-4-8-14-12(13)7-5-10-18-14/h4-8,10,15,19H,2-3,9,11,17H2,1H3. The van der Waals surface area contributed by atoms with Crippen LogP contribution in [-0.2, 0) is 4.74 Å². The number of hydrazine groups is 1. The van der Waals surface area contributed by atoms with E-state index in [0.717, 1.165) is 35.9 Å². The van der Waals surface area contributed by atoms with E-state index in [0.29, 0.717) is 0 Å². The van der Waals surface area contributed by atoms with Crippen LogP contribution >= 0.6 is 0 Å². The molecular weight excluding hydrogens is 250 g/mol. The van der Waals surface area contributed by atoms with E-state index in [1.54, 1.807) is 0 Å². The van der Waals surface area contributed by atoms with E-state index in [-0.39, 0.29) is 11.6 Å². The van der Waals surface area contributed by atoms with Crippen LogP contribution in [-0.4, -0.2) is 17.2 Å². The summed E-state index contributed by atoms with van der Waals surface area (Å²) < 4.78 is 6.06. The zero-order valence-electron chi connectivity index (χ0n) is 11.8. The number of fused-ring (bicyclic) bond motifs is 1. The third kappa shape index (κ3) is 2.30. The molecule has 4 heteroatoms. The van der Waals surface area contributed by atoms with Gasteiger partial charge in [-0.1, -0.05) is 18.2 Å². The highest BCUT2D eigenvalue weighted by Gasteiger charge is 2.38. The maximum absolute atomic E-state index is 6.06. The highest BCUT2D eigenvalue weighted by molar-refractivity contribution is 5.82. The number of nitrogens with one attached hydrogen (secondary N) is 1. The molecule has 2 atom stereocenters. The summed E-state index contributed by atoms with van der Waals surface area (Å²) >= 11 is 0. The van der Waals surface area contributed by atoms with Crippen molar-refractivity contribution in [3.05, 3.63) is 42.1 Å². The summed E-state index contributed by atoms with van der Waals surface area (Å²) in [5, 5.41) is 1.13. The summed E-state index contributed by atoms with van der Waals surface area (Å²) in [7, 11) is 0. The predicted molar refractivity (Wildman–Crippen MR) is 80.0 cm³/mol. The van der Waals surface area contributed by atoms with Gasteiger partial charge in [0.15, 0.2) is 0 Å². The van der Waals surface area contributed by atoms with Gasteiger partial charge in [-0.25, -0.2) is 0 Å². The fourth-order valence-corrected chi connectivity index (χ4v) is 3.16. The molecule has 2 heterocycles. The molecule has 0 radical (unpaired) electrons. The molecule has 106 valence electrons. The lowest BCUT2D eigenvalue weighted by Gasteiger charge is -2.40. The fraction of sp³-hybridized carbons (Fsp3) is 0.438. The Morgan fingerprint density at radius 1 is 1.30 bits per heavy atom. The largest absolute Gasteiger partial charge is 0.373 e. The van der Waals surface area contributed by atoms with E-state index in [1.807, 2.05) is 24.4 Å². The summed E-state index contributed by atoms with van der Waals surface area (Å²) in [6.07, 6.45) is 5.13. The Labute approximate surface area is 119 Å². The number of nitrogens with zero attached hydrogens (tertiary/aromatic N) is 1. The van der Waals surface area contributed by atoms with Gasteiger partial charge in [-0.15, -0.1) is 0 Å². The molecule has 1 aromatic carbocycles. The molecule has 0 bridgehead atoms. The van der Waals surface area contributed by atoms with Crippen molar-refractivity contribution in [2.75, 3.05) is 6.61 Å². The maximum Gasteiger partial charge on any atom is 0.0861 e. The zero-order valence-corrected chi connectivity index (χ0v) is 11.8. The topological polar surface area (TPSA) is 60.2 Å². The van der Waals surface area contributed by atoms with Gasteiger partial charge >= 0.3 is 0 Å². The first-order chi connectivity index (χ1) is 9.74. The minimum Gasteiger partial charge on any atom is -0.373 e. The molecule has 2 aromatic rings. The maximum atomic E-state index is 6.06. The molecule has 2 unspecified atom stereocenters. The monoisotopic (exact) mass is 271 g/mol. The highest BCUT2D eigenvalue weighted by atomic mass is 16.5.